The van der Waals surface area contributed by atoms with Gasteiger partial charge < -0.3 is 14.8 Å². The largest absolute Gasteiger partial charge is 0.492 e. The number of anilines is 1. The molecule has 0 bridgehead atoms. The molecule has 8 heteroatoms. The standard InChI is InChI=1S/C21H21FN4O3/c1-4-28-19-10-14-9-12(2)29-18(14)11-17(19)24-21(27)20-23-13(3)26(25-20)16-7-5-15(22)6-8-16/h5-8,10-12H,4,9H2,1-3H3,(H,24,27)/t12-/m1/s1. The molecular formula is C21H21FN4O3. The topological polar surface area (TPSA) is 78.3 Å². The predicted molar refractivity (Wildman–Crippen MR) is 105 cm³/mol. The lowest BCUT2D eigenvalue weighted by atomic mass is 10.1. The zero-order valence-electron chi connectivity index (χ0n) is 16.4. The van der Waals surface area contributed by atoms with E-state index >= 15 is 0 Å². The molecule has 1 aliphatic heterocycles. The summed E-state index contributed by atoms with van der Waals surface area (Å²) in [5, 5.41) is 7.08. The first kappa shape index (κ1) is 18.9. The number of nitrogens with zero attached hydrogens (tertiary/aromatic N) is 3. The molecule has 1 amide bonds. The lowest BCUT2D eigenvalue weighted by Crippen LogP contribution is -2.15. The lowest BCUT2D eigenvalue weighted by Gasteiger charge is -2.12. The molecule has 3 aromatic rings. The molecule has 150 valence electrons. The number of hydrogen-bond donors (Lipinski definition) is 1. The Morgan fingerprint density at radius 3 is 2.83 bits per heavy atom. The highest BCUT2D eigenvalue weighted by atomic mass is 19.1. The Morgan fingerprint density at radius 1 is 1.34 bits per heavy atom. The highest BCUT2D eigenvalue weighted by molar-refractivity contribution is 6.02. The van der Waals surface area contributed by atoms with E-state index < -0.39 is 5.91 Å². The molecule has 1 aliphatic rings. The van der Waals surface area contributed by atoms with Gasteiger partial charge in [-0.3, -0.25) is 4.79 Å². The number of hydrogen-bond acceptors (Lipinski definition) is 5. The van der Waals surface area contributed by atoms with E-state index in [0.29, 0.717) is 29.6 Å². The average molecular weight is 396 g/mol. The number of aromatic nitrogens is 3. The molecule has 2 aromatic carbocycles. The normalized spacial score (nSPS) is 15.0. The SMILES string of the molecule is CCOc1cc2c(cc1NC(=O)c1nc(C)n(-c3ccc(F)cc3)n1)O[C@H](C)C2. The summed E-state index contributed by atoms with van der Waals surface area (Å²) in [5.74, 6) is 1.01. The van der Waals surface area contributed by atoms with Gasteiger partial charge in [-0.15, -0.1) is 5.10 Å². The molecule has 0 fully saturated rings. The summed E-state index contributed by atoms with van der Waals surface area (Å²) in [6.45, 7) is 6.07. The summed E-state index contributed by atoms with van der Waals surface area (Å²) in [6.07, 6.45) is 0.882. The van der Waals surface area contributed by atoms with Crippen LogP contribution in [0.25, 0.3) is 5.69 Å². The second-order valence-corrected chi connectivity index (χ2v) is 6.85. The molecule has 29 heavy (non-hydrogen) atoms. The van der Waals surface area contributed by atoms with Crippen LogP contribution < -0.4 is 14.8 Å². The molecule has 2 heterocycles. The summed E-state index contributed by atoms with van der Waals surface area (Å²) in [5.41, 5.74) is 2.17. The third kappa shape index (κ3) is 3.78. The zero-order valence-corrected chi connectivity index (χ0v) is 16.4. The minimum atomic E-state index is -0.471. The van der Waals surface area contributed by atoms with Gasteiger partial charge in [-0.2, -0.15) is 0 Å². The minimum Gasteiger partial charge on any atom is -0.492 e. The molecule has 1 aromatic heterocycles. The van der Waals surface area contributed by atoms with Gasteiger partial charge in [0, 0.05) is 18.1 Å². The van der Waals surface area contributed by atoms with Crippen LogP contribution in [0.1, 0.15) is 35.9 Å². The van der Waals surface area contributed by atoms with E-state index in [4.69, 9.17) is 9.47 Å². The number of fused-ring (bicyclic) bond motifs is 1. The second-order valence-electron chi connectivity index (χ2n) is 6.85. The smallest absolute Gasteiger partial charge is 0.295 e. The van der Waals surface area contributed by atoms with Crippen molar-refractivity contribution in [2.24, 2.45) is 0 Å². The highest BCUT2D eigenvalue weighted by Gasteiger charge is 2.24. The van der Waals surface area contributed by atoms with Gasteiger partial charge in [0.25, 0.3) is 5.91 Å². The molecule has 0 unspecified atom stereocenters. The Hall–Kier alpha value is -3.42. The molecule has 0 radical (unpaired) electrons. The maximum Gasteiger partial charge on any atom is 0.295 e. The van der Waals surface area contributed by atoms with E-state index in [0.717, 1.165) is 17.7 Å². The number of amides is 1. The molecule has 7 nitrogen and oxygen atoms in total. The second kappa shape index (κ2) is 7.54. The van der Waals surface area contributed by atoms with Crippen molar-refractivity contribution in [1.29, 1.82) is 0 Å². The molecule has 4 rings (SSSR count). The number of benzene rings is 2. The van der Waals surface area contributed by atoms with E-state index in [2.05, 4.69) is 15.4 Å². The van der Waals surface area contributed by atoms with Crippen LogP contribution in [-0.2, 0) is 6.42 Å². The summed E-state index contributed by atoms with van der Waals surface area (Å²) >= 11 is 0. The summed E-state index contributed by atoms with van der Waals surface area (Å²) in [6, 6.07) is 9.47. The number of carbonyl (C=O) groups excluding carboxylic acids is 1. The van der Waals surface area contributed by atoms with Crippen LogP contribution in [0.3, 0.4) is 0 Å². The number of nitrogens with one attached hydrogen (secondary N) is 1. The van der Waals surface area contributed by atoms with Crippen molar-refractivity contribution < 1.29 is 18.7 Å². The third-order valence-electron chi connectivity index (χ3n) is 4.59. The van der Waals surface area contributed by atoms with Crippen molar-refractivity contribution in [2.45, 2.75) is 33.3 Å². The van der Waals surface area contributed by atoms with Gasteiger partial charge in [-0.1, -0.05) is 0 Å². The fourth-order valence-electron chi connectivity index (χ4n) is 3.30. The molecule has 1 N–H and O–H groups in total. The Bertz CT molecular complexity index is 1060. The quantitative estimate of drug-likeness (QED) is 0.712. The fourth-order valence-corrected chi connectivity index (χ4v) is 3.30. The number of halogens is 1. The van der Waals surface area contributed by atoms with Crippen LogP contribution in [-0.4, -0.2) is 33.4 Å². The zero-order chi connectivity index (χ0) is 20.5. The Kier molecular flexibility index (Phi) is 4.92. The number of ether oxygens (including phenoxy) is 2. The first-order valence-electron chi connectivity index (χ1n) is 9.42. The Labute approximate surface area is 167 Å². The summed E-state index contributed by atoms with van der Waals surface area (Å²) in [4.78, 5) is 17.0. The van der Waals surface area contributed by atoms with Gasteiger partial charge in [-0.05, 0) is 51.1 Å². The average Bonchev–Trinajstić information content (AvgIpc) is 3.24. The van der Waals surface area contributed by atoms with Crippen molar-refractivity contribution in [3.05, 3.63) is 59.4 Å². The lowest BCUT2D eigenvalue weighted by molar-refractivity contribution is 0.101. The van der Waals surface area contributed by atoms with Crippen LogP contribution in [0.4, 0.5) is 10.1 Å². The van der Waals surface area contributed by atoms with Gasteiger partial charge >= 0.3 is 0 Å². The van der Waals surface area contributed by atoms with Gasteiger partial charge in [0.05, 0.1) is 18.0 Å². The van der Waals surface area contributed by atoms with Crippen molar-refractivity contribution >= 4 is 11.6 Å². The monoisotopic (exact) mass is 396 g/mol. The summed E-state index contributed by atoms with van der Waals surface area (Å²) < 4.78 is 26.1. The van der Waals surface area contributed by atoms with Crippen molar-refractivity contribution in [3.8, 4) is 17.2 Å². The van der Waals surface area contributed by atoms with E-state index in [1.54, 1.807) is 25.1 Å². The van der Waals surface area contributed by atoms with Gasteiger partial charge in [-0.25, -0.2) is 14.1 Å². The van der Waals surface area contributed by atoms with E-state index in [1.807, 2.05) is 19.9 Å². The molecule has 0 spiro atoms. The molecule has 0 aliphatic carbocycles. The van der Waals surface area contributed by atoms with E-state index in [9.17, 15) is 9.18 Å². The third-order valence-corrected chi connectivity index (χ3v) is 4.59. The maximum absolute atomic E-state index is 13.2. The van der Waals surface area contributed by atoms with Crippen LogP contribution >= 0.6 is 0 Å². The Morgan fingerprint density at radius 2 is 2.10 bits per heavy atom. The van der Waals surface area contributed by atoms with Crippen LogP contribution in [0, 0.1) is 12.7 Å². The van der Waals surface area contributed by atoms with Crippen LogP contribution in [0.15, 0.2) is 36.4 Å². The van der Waals surface area contributed by atoms with E-state index in [-0.39, 0.29) is 17.7 Å². The number of carbonyl (C=O) groups is 1. The van der Waals surface area contributed by atoms with Crippen molar-refractivity contribution in [2.75, 3.05) is 11.9 Å². The molecular weight excluding hydrogens is 375 g/mol. The van der Waals surface area contributed by atoms with Gasteiger partial charge in [0.15, 0.2) is 0 Å². The first-order chi connectivity index (χ1) is 13.9. The van der Waals surface area contributed by atoms with Crippen LogP contribution in [0.5, 0.6) is 11.5 Å². The Balaban J connectivity index is 1.61. The fraction of sp³-hybridized carbons (Fsp3) is 0.286. The maximum atomic E-state index is 13.2. The van der Waals surface area contributed by atoms with Gasteiger partial charge in [0.1, 0.15) is 29.2 Å². The minimum absolute atomic E-state index is 0.00376. The summed E-state index contributed by atoms with van der Waals surface area (Å²) in [7, 11) is 0. The first-order valence-corrected chi connectivity index (χ1v) is 9.42. The molecule has 0 saturated heterocycles. The highest BCUT2D eigenvalue weighted by Crippen LogP contribution is 2.38. The molecule has 1 atom stereocenters. The molecule has 0 saturated carbocycles. The number of rotatable bonds is 5. The van der Waals surface area contributed by atoms with Crippen molar-refractivity contribution in [3.63, 3.8) is 0 Å². The van der Waals surface area contributed by atoms with Crippen LogP contribution in [0.2, 0.25) is 0 Å². The predicted octanol–water partition coefficient (Wildman–Crippen LogP) is 3.69. The van der Waals surface area contributed by atoms with Gasteiger partial charge in [0.2, 0.25) is 5.82 Å². The number of aryl methyl sites for hydroxylation is 1. The van der Waals surface area contributed by atoms with E-state index in [1.165, 1.54) is 16.8 Å². The van der Waals surface area contributed by atoms with Crippen molar-refractivity contribution in [1.82, 2.24) is 14.8 Å².